The predicted molar refractivity (Wildman–Crippen MR) is 36.7 cm³/mol. The Balaban J connectivity index is 3.40. The molecular formula is C4H5Br2N. The largest absolute Gasteiger partial charge is 0.197 e. The van der Waals surface area contributed by atoms with Crippen LogP contribution in [-0.2, 0) is 0 Å². The monoisotopic (exact) mass is 225 g/mol. The van der Waals surface area contributed by atoms with E-state index < -0.39 is 0 Å². The first-order valence-corrected chi connectivity index (χ1v) is 3.69. The molecule has 0 rings (SSSR count). The Morgan fingerprint density at radius 3 is 2.00 bits per heavy atom. The summed E-state index contributed by atoms with van der Waals surface area (Å²) < 4.78 is 0. The summed E-state index contributed by atoms with van der Waals surface area (Å²) in [6.07, 6.45) is 0. The second-order valence-electron chi connectivity index (χ2n) is 1.21. The third-order valence-electron chi connectivity index (χ3n) is 0.527. The van der Waals surface area contributed by atoms with Crippen LogP contribution in [0, 0.1) is 11.3 Å². The third kappa shape index (κ3) is 3.07. The molecule has 0 amide bonds. The zero-order chi connectivity index (χ0) is 5.86. The van der Waals surface area contributed by atoms with Gasteiger partial charge in [0.2, 0.25) is 0 Å². The maximum atomic E-state index is 8.18. The molecule has 0 bridgehead atoms. The van der Waals surface area contributed by atoms with Crippen molar-refractivity contribution in [2.75, 3.05) is 0 Å². The van der Waals surface area contributed by atoms with E-state index in [1.54, 1.807) is 0 Å². The number of nitriles is 1. The van der Waals surface area contributed by atoms with Gasteiger partial charge in [0.15, 0.2) is 0 Å². The summed E-state index contributed by atoms with van der Waals surface area (Å²) in [5, 5.41) is 8.18. The van der Waals surface area contributed by atoms with Crippen LogP contribution < -0.4 is 0 Å². The van der Waals surface area contributed by atoms with Gasteiger partial charge in [0.05, 0.1) is 6.07 Å². The van der Waals surface area contributed by atoms with E-state index >= 15 is 0 Å². The molecule has 0 aromatic heterocycles. The third-order valence-corrected chi connectivity index (χ3v) is 2.76. The number of halogens is 2. The fourth-order valence-corrected chi connectivity index (χ4v) is 0.221. The first kappa shape index (κ1) is 7.45. The van der Waals surface area contributed by atoms with Crippen LogP contribution in [-0.4, -0.2) is 9.65 Å². The van der Waals surface area contributed by atoms with Crippen molar-refractivity contribution in [3.8, 4) is 6.07 Å². The van der Waals surface area contributed by atoms with Gasteiger partial charge in [-0.1, -0.05) is 38.8 Å². The van der Waals surface area contributed by atoms with Gasteiger partial charge in [-0.3, -0.25) is 0 Å². The average molecular weight is 227 g/mol. The van der Waals surface area contributed by atoms with Crippen LogP contribution in [0.15, 0.2) is 0 Å². The molecule has 0 spiro atoms. The highest BCUT2D eigenvalue weighted by Gasteiger charge is 2.06. The first-order valence-electron chi connectivity index (χ1n) is 1.86. The standard InChI is InChI=1S/C4H5Br2N/c1-3(5)4(6)2-7/h3-4H,1H3. The molecule has 3 heteroatoms. The molecule has 7 heavy (non-hydrogen) atoms. The highest BCUT2D eigenvalue weighted by Crippen LogP contribution is 2.11. The van der Waals surface area contributed by atoms with E-state index in [-0.39, 0.29) is 9.65 Å². The lowest BCUT2D eigenvalue weighted by Crippen LogP contribution is -2.04. The molecule has 0 saturated carbocycles. The van der Waals surface area contributed by atoms with E-state index in [1.165, 1.54) is 0 Å². The van der Waals surface area contributed by atoms with Crippen molar-refractivity contribution in [3.63, 3.8) is 0 Å². The van der Waals surface area contributed by atoms with Gasteiger partial charge in [-0.25, -0.2) is 0 Å². The van der Waals surface area contributed by atoms with Crippen molar-refractivity contribution in [1.82, 2.24) is 0 Å². The van der Waals surface area contributed by atoms with Crippen LogP contribution in [0.2, 0.25) is 0 Å². The Hall–Kier alpha value is 0.450. The molecular weight excluding hydrogens is 222 g/mol. The van der Waals surface area contributed by atoms with E-state index in [2.05, 4.69) is 31.9 Å². The molecule has 0 radical (unpaired) electrons. The highest BCUT2D eigenvalue weighted by atomic mass is 79.9. The SMILES string of the molecule is CC(Br)C(Br)C#N. The van der Waals surface area contributed by atoms with E-state index in [9.17, 15) is 0 Å². The Kier molecular flexibility index (Phi) is 3.67. The van der Waals surface area contributed by atoms with Crippen molar-refractivity contribution < 1.29 is 0 Å². The number of nitrogens with zero attached hydrogens (tertiary/aromatic N) is 1. The molecule has 2 unspecified atom stereocenters. The number of alkyl halides is 2. The lowest BCUT2D eigenvalue weighted by molar-refractivity contribution is 1.04. The molecule has 0 N–H and O–H groups in total. The van der Waals surface area contributed by atoms with E-state index in [0.717, 1.165) is 0 Å². The predicted octanol–water partition coefficient (Wildman–Crippen LogP) is 2.06. The fraction of sp³-hybridized carbons (Fsp3) is 0.750. The quantitative estimate of drug-likeness (QED) is 0.628. The molecule has 0 aromatic carbocycles. The second kappa shape index (κ2) is 3.45. The lowest BCUT2D eigenvalue weighted by Gasteiger charge is -1.98. The minimum absolute atomic E-state index is 0.0625. The minimum Gasteiger partial charge on any atom is -0.197 e. The second-order valence-corrected chi connectivity index (χ2v) is 3.64. The summed E-state index contributed by atoms with van der Waals surface area (Å²) in [4.78, 5) is 0.171. The average Bonchev–Trinajstić information content (AvgIpc) is 1.65. The maximum Gasteiger partial charge on any atom is 0.114 e. The van der Waals surface area contributed by atoms with Gasteiger partial charge in [0, 0.05) is 4.83 Å². The van der Waals surface area contributed by atoms with Crippen molar-refractivity contribution in [1.29, 1.82) is 5.26 Å². The molecule has 0 aromatic rings. The Bertz CT molecular complexity index is 84.2. The lowest BCUT2D eigenvalue weighted by atomic mass is 10.4. The van der Waals surface area contributed by atoms with Crippen LogP contribution in [0.3, 0.4) is 0 Å². The number of hydrogen-bond acceptors (Lipinski definition) is 1. The van der Waals surface area contributed by atoms with Gasteiger partial charge in [0.25, 0.3) is 0 Å². The molecule has 0 saturated heterocycles. The molecule has 0 aliphatic carbocycles. The van der Waals surface area contributed by atoms with Gasteiger partial charge in [0.1, 0.15) is 4.83 Å². The smallest absolute Gasteiger partial charge is 0.114 e. The highest BCUT2D eigenvalue weighted by molar-refractivity contribution is 9.12. The Labute approximate surface area is 60.0 Å². The summed E-state index contributed by atoms with van der Waals surface area (Å²) in [5.41, 5.74) is 0. The molecule has 2 atom stereocenters. The van der Waals surface area contributed by atoms with Crippen molar-refractivity contribution in [3.05, 3.63) is 0 Å². The van der Waals surface area contributed by atoms with Gasteiger partial charge in [-0.05, 0) is 0 Å². The molecule has 0 fully saturated rings. The van der Waals surface area contributed by atoms with Gasteiger partial charge < -0.3 is 0 Å². The minimum atomic E-state index is -0.0625. The van der Waals surface area contributed by atoms with Crippen LogP contribution in [0.25, 0.3) is 0 Å². The summed E-state index contributed by atoms with van der Waals surface area (Å²) >= 11 is 6.36. The molecule has 1 nitrogen and oxygen atoms in total. The molecule has 0 aliphatic heterocycles. The van der Waals surface area contributed by atoms with Gasteiger partial charge in [-0.15, -0.1) is 0 Å². The number of hydrogen-bond donors (Lipinski definition) is 0. The zero-order valence-electron chi connectivity index (χ0n) is 3.86. The topological polar surface area (TPSA) is 23.8 Å². The first-order chi connectivity index (χ1) is 3.18. The summed E-state index contributed by atoms with van der Waals surface area (Å²) in [6, 6.07) is 2.03. The normalized spacial score (nSPS) is 17.4. The summed E-state index contributed by atoms with van der Waals surface area (Å²) in [5.74, 6) is 0. The van der Waals surface area contributed by atoms with Crippen molar-refractivity contribution in [2.45, 2.75) is 16.6 Å². The van der Waals surface area contributed by atoms with E-state index in [4.69, 9.17) is 5.26 Å². The Morgan fingerprint density at radius 2 is 2.00 bits per heavy atom. The number of rotatable bonds is 1. The van der Waals surface area contributed by atoms with E-state index in [0.29, 0.717) is 0 Å². The fourth-order valence-electron chi connectivity index (χ4n) is 0.103. The maximum absolute atomic E-state index is 8.18. The summed E-state index contributed by atoms with van der Waals surface area (Å²) in [6.45, 7) is 1.92. The van der Waals surface area contributed by atoms with Crippen LogP contribution in [0.4, 0.5) is 0 Å². The van der Waals surface area contributed by atoms with Crippen LogP contribution in [0.1, 0.15) is 6.92 Å². The molecule has 40 valence electrons. The molecule has 0 aliphatic rings. The zero-order valence-corrected chi connectivity index (χ0v) is 7.03. The van der Waals surface area contributed by atoms with Crippen molar-refractivity contribution in [2.24, 2.45) is 0 Å². The van der Waals surface area contributed by atoms with Crippen molar-refractivity contribution >= 4 is 31.9 Å². The summed E-state index contributed by atoms with van der Waals surface area (Å²) in [7, 11) is 0. The van der Waals surface area contributed by atoms with Crippen LogP contribution >= 0.6 is 31.9 Å². The van der Waals surface area contributed by atoms with Gasteiger partial charge in [-0.2, -0.15) is 5.26 Å². The van der Waals surface area contributed by atoms with Gasteiger partial charge >= 0.3 is 0 Å². The Morgan fingerprint density at radius 1 is 1.57 bits per heavy atom. The van der Waals surface area contributed by atoms with Crippen LogP contribution in [0.5, 0.6) is 0 Å². The molecule has 0 heterocycles. The van der Waals surface area contributed by atoms with E-state index in [1.807, 2.05) is 13.0 Å².